The number of hydrogen-bond acceptors (Lipinski definition) is 4. The van der Waals surface area contributed by atoms with E-state index in [4.69, 9.17) is 16.1 Å². The average molecular weight is 396 g/mol. The first-order chi connectivity index (χ1) is 13.6. The number of carbonyl (C=O) groups is 1. The number of benzene rings is 2. The number of nitrogens with one attached hydrogen (secondary N) is 1. The summed E-state index contributed by atoms with van der Waals surface area (Å²) in [6.07, 6.45) is 0.722. The van der Waals surface area contributed by atoms with Crippen LogP contribution in [0.4, 0.5) is 0 Å². The molecule has 1 amide bonds. The van der Waals surface area contributed by atoms with E-state index in [9.17, 15) is 4.79 Å². The van der Waals surface area contributed by atoms with Gasteiger partial charge in [-0.2, -0.15) is 0 Å². The van der Waals surface area contributed by atoms with Crippen LogP contribution >= 0.6 is 11.6 Å². The molecule has 28 heavy (non-hydrogen) atoms. The van der Waals surface area contributed by atoms with Crippen molar-refractivity contribution in [1.82, 2.24) is 15.4 Å². The zero-order valence-corrected chi connectivity index (χ0v) is 16.4. The van der Waals surface area contributed by atoms with Crippen molar-refractivity contribution >= 4 is 17.5 Å². The smallest absolute Gasteiger partial charge is 0.238 e. The van der Waals surface area contributed by atoms with Gasteiger partial charge in [0.2, 0.25) is 5.91 Å². The number of rotatable bonds is 5. The summed E-state index contributed by atoms with van der Waals surface area (Å²) >= 11 is 6.03. The Kier molecular flexibility index (Phi) is 5.46. The van der Waals surface area contributed by atoms with Gasteiger partial charge in [-0.05, 0) is 36.2 Å². The second-order valence-electron chi connectivity index (χ2n) is 6.96. The van der Waals surface area contributed by atoms with Crippen molar-refractivity contribution in [2.75, 3.05) is 6.54 Å². The Morgan fingerprint density at radius 3 is 2.82 bits per heavy atom. The lowest BCUT2D eigenvalue weighted by Gasteiger charge is -2.35. The Bertz CT molecular complexity index is 985. The van der Waals surface area contributed by atoms with Crippen LogP contribution in [0.3, 0.4) is 0 Å². The van der Waals surface area contributed by atoms with Crippen LogP contribution in [0.5, 0.6) is 0 Å². The van der Waals surface area contributed by atoms with Crippen LogP contribution in [-0.2, 0) is 24.3 Å². The summed E-state index contributed by atoms with van der Waals surface area (Å²) in [6, 6.07) is 17.4. The van der Waals surface area contributed by atoms with Gasteiger partial charge in [0.15, 0.2) is 5.76 Å². The Morgan fingerprint density at radius 1 is 1.21 bits per heavy atom. The molecule has 0 fully saturated rings. The minimum Gasteiger partial charge on any atom is -0.359 e. The van der Waals surface area contributed by atoms with Gasteiger partial charge in [-0.1, -0.05) is 60.1 Å². The number of hydrogen-bond donors (Lipinski definition) is 1. The molecular weight excluding hydrogens is 374 g/mol. The highest BCUT2D eigenvalue weighted by atomic mass is 35.5. The topological polar surface area (TPSA) is 58.4 Å². The van der Waals surface area contributed by atoms with E-state index in [0.717, 1.165) is 25.1 Å². The van der Waals surface area contributed by atoms with Crippen LogP contribution in [-0.4, -0.2) is 28.6 Å². The minimum absolute atomic E-state index is 0.0112. The molecule has 0 bridgehead atoms. The van der Waals surface area contributed by atoms with E-state index in [1.807, 2.05) is 36.4 Å². The van der Waals surface area contributed by atoms with Gasteiger partial charge in [-0.3, -0.25) is 9.69 Å². The Labute approximate surface area is 169 Å². The molecule has 0 radical (unpaired) electrons. The second kappa shape index (κ2) is 8.17. The first-order valence-electron chi connectivity index (χ1n) is 9.44. The first kappa shape index (κ1) is 18.7. The number of likely N-dealkylation sites (N-methyl/N-ethyl adjacent to an activating group) is 1. The third kappa shape index (κ3) is 3.96. The fraction of sp³-hybridized carbons (Fsp3) is 0.273. The highest BCUT2D eigenvalue weighted by Gasteiger charge is 2.30. The number of carbonyl (C=O) groups excluding carboxylic acids is 1. The van der Waals surface area contributed by atoms with Crippen LogP contribution in [0.15, 0.2) is 59.1 Å². The van der Waals surface area contributed by atoms with Gasteiger partial charge in [0.25, 0.3) is 0 Å². The quantitative estimate of drug-likeness (QED) is 0.707. The molecule has 1 unspecified atom stereocenters. The Balaban J connectivity index is 1.42. The van der Waals surface area contributed by atoms with Gasteiger partial charge in [-0.15, -0.1) is 0 Å². The number of fused-ring (bicyclic) bond motifs is 1. The summed E-state index contributed by atoms with van der Waals surface area (Å²) in [6.45, 7) is 4.02. The molecule has 6 heteroatoms. The molecule has 144 valence electrons. The van der Waals surface area contributed by atoms with Gasteiger partial charge in [0.05, 0.1) is 12.6 Å². The Morgan fingerprint density at radius 2 is 2.04 bits per heavy atom. The molecule has 1 N–H and O–H groups in total. The summed E-state index contributed by atoms with van der Waals surface area (Å²) in [5, 5.41) is 7.73. The largest absolute Gasteiger partial charge is 0.359 e. The summed E-state index contributed by atoms with van der Waals surface area (Å²) in [7, 11) is 0. The molecule has 1 atom stereocenters. The third-order valence-corrected chi connectivity index (χ3v) is 5.41. The molecule has 5 nitrogen and oxygen atoms in total. The van der Waals surface area contributed by atoms with Crippen LogP contribution < -0.4 is 5.32 Å². The average Bonchev–Trinajstić information content (AvgIpc) is 3.20. The number of aromatic nitrogens is 1. The normalized spacial score (nSPS) is 16.6. The Hall–Kier alpha value is -2.63. The van der Waals surface area contributed by atoms with Crippen molar-refractivity contribution in [3.05, 3.63) is 76.5 Å². The van der Waals surface area contributed by atoms with Gasteiger partial charge >= 0.3 is 0 Å². The molecule has 0 spiro atoms. The summed E-state index contributed by atoms with van der Waals surface area (Å²) in [5.41, 5.74) is 4.13. The zero-order chi connectivity index (χ0) is 19.5. The van der Waals surface area contributed by atoms with E-state index in [1.54, 1.807) is 0 Å². The standard InChI is InChI=1S/C22H22ClN3O2/c1-2-26-14-17-7-4-3-6-15(17)11-21(26)22(27)24-13-19-12-20(25-28-19)16-8-5-9-18(23)10-16/h3-10,12,21H,2,11,13-14H2,1H3,(H,24,27). The summed E-state index contributed by atoms with van der Waals surface area (Å²) < 4.78 is 5.38. The maximum atomic E-state index is 12.8. The van der Waals surface area contributed by atoms with Crippen molar-refractivity contribution in [3.63, 3.8) is 0 Å². The van der Waals surface area contributed by atoms with Crippen molar-refractivity contribution in [2.45, 2.75) is 32.5 Å². The minimum atomic E-state index is -0.171. The monoisotopic (exact) mass is 395 g/mol. The molecule has 3 aromatic rings. The van der Waals surface area contributed by atoms with E-state index in [0.29, 0.717) is 23.0 Å². The van der Waals surface area contributed by atoms with Gasteiger partial charge < -0.3 is 9.84 Å². The van der Waals surface area contributed by atoms with Crippen LogP contribution in [0.1, 0.15) is 23.8 Å². The molecular formula is C22H22ClN3O2. The molecule has 0 saturated heterocycles. The fourth-order valence-electron chi connectivity index (χ4n) is 3.64. The maximum absolute atomic E-state index is 12.8. The molecule has 1 aromatic heterocycles. The van der Waals surface area contributed by atoms with Crippen molar-refractivity contribution < 1.29 is 9.32 Å². The van der Waals surface area contributed by atoms with E-state index in [1.165, 1.54) is 11.1 Å². The summed E-state index contributed by atoms with van der Waals surface area (Å²) in [5.74, 6) is 0.625. The lowest BCUT2D eigenvalue weighted by molar-refractivity contribution is -0.127. The lowest BCUT2D eigenvalue weighted by atomic mass is 9.93. The molecule has 4 rings (SSSR count). The predicted octanol–water partition coefficient (Wildman–Crippen LogP) is 4.06. The second-order valence-corrected chi connectivity index (χ2v) is 7.39. The maximum Gasteiger partial charge on any atom is 0.238 e. The zero-order valence-electron chi connectivity index (χ0n) is 15.7. The highest BCUT2D eigenvalue weighted by Crippen LogP contribution is 2.24. The molecule has 0 aliphatic carbocycles. The third-order valence-electron chi connectivity index (χ3n) is 5.17. The van der Waals surface area contributed by atoms with E-state index < -0.39 is 0 Å². The number of halogens is 1. The van der Waals surface area contributed by atoms with Crippen LogP contribution in [0.25, 0.3) is 11.3 Å². The number of nitrogens with zero attached hydrogens (tertiary/aromatic N) is 2. The molecule has 1 aliphatic heterocycles. The highest BCUT2D eigenvalue weighted by molar-refractivity contribution is 6.30. The van der Waals surface area contributed by atoms with Gasteiger partial charge in [0, 0.05) is 23.2 Å². The first-order valence-corrected chi connectivity index (χ1v) is 9.82. The summed E-state index contributed by atoms with van der Waals surface area (Å²) in [4.78, 5) is 15.0. The lowest BCUT2D eigenvalue weighted by Crippen LogP contribution is -2.49. The van der Waals surface area contributed by atoms with Gasteiger partial charge in [-0.25, -0.2) is 0 Å². The van der Waals surface area contributed by atoms with E-state index >= 15 is 0 Å². The molecule has 1 aliphatic rings. The van der Waals surface area contributed by atoms with E-state index in [-0.39, 0.29) is 11.9 Å². The van der Waals surface area contributed by atoms with Gasteiger partial charge in [0.1, 0.15) is 5.69 Å². The van der Waals surface area contributed by atoms with Crippen molar-refractivity contribution in [1.29, 1.82) is 0 Å². The number of amides is 1. The fourth-order valence-corrected chi connectivity index (χ4v) is 3.83. The van der Waals surface area contributed by atoms with Crippen LogP contribution in [0.2, 0.25) is 5.02 Å². The predicted molar refractivity (Wildman–Crippen MR) is 109 cm³/mol. The van der Waals surface area contributed by atoms with Crippen LogP contribution in [0, 0.1) is 0 Å². The molecule has 2 aromatic carbocycles. The molecule has 0 saturated carbocycles. The SMILES string of the molecule is CCN1Cc2ccccc2CC1C(=O)NCc1cc(-c2cccc(Cl)c2)no1. The molecule has 2 heterocycles. The van der Waals surface area contributed by atoms with Crippen molar-refractivity contribution in [2.24, 2.45) is 0 Å². The van der Waals surface area contributed by atoms with Crippen molar-refractivity contribution in [3.8, 4) is 11.3 Å². The van der Waals surface area contributed by atoms with E-state index in [2.05, 4.69) is 40.5 Å².